The van der Waals surface area contributed by atoms with E-state index in [-0.39, 0.29) is 11.2 Å². The minimum atomic E-state index is -0.149. The number of hydrogen-bond acceptors (Lipinski definition) is 3. The molecule has 0 aromatic heterocycles. The van der Waals surface area contributed by atoms with Gasteiger partial charge >= 0.3 is 0 Å². The standard InChI is InChI=1S/C12H26BrNO2/c1-11(2,5-7-13)15-9-6-12(3,4)16-10-8-14/h5-10,14H2,1-4H3. The van der Waals surface area contributed by atoms with E-state index < -0.39 is 0 Å². The summed E-state index contributed by atoms with van der Waals surface area (Å²) in [7, 11) is 0. The topological polar surface area (TPSA) is 44.5 Å². The van der Waals surface area contributed by atoms with Crippen LogP contribution in [0.3, 0.4) is 0 Å². The van der Waals surface area contributed by atoms with Crippen LogP contribution in [0.15, 0.2) is 0 Å². The van der Waals surface area contributed by atoms with Gasteiger partial charge in [0.05, 0.1) is 24.4 Å². The molecule has 0 unspecified atom stereocenters. The Labute approximate surface area is 108 Å². The Morgan fingerprint density at radius 2 is 1.44 bits per heavy atom. The maximum absolute atomic E-state index is 5.84. The minimum absolute atomic E-state index is 0.0621. The molecule has 0 aliphatic rings. The van der Waals surface area contributed by atoms with Crippen LogP contribution in [0.1, 0.15) is 40.5 Å². The molecule has 0 atom stereocenters. The summed E-state index contributed by atoms with van der Waals surface area (Å²) >= 11 is 3.43. The Bertz CT molecular complexity index is 184. The third kappa shape index (κ3) is 8.50. The zero-order chi connectivity index (χ0) is 12.7. The second kappa shape index (κ2) is 7.64. The lowest BCUT2D eigenvalue weighted by Gasteiger charge is -2.29. The zero-order valence-corrected chi connectivity index (χ0v) is 12.6. The molecule has 0 aliphatic carbocycles. The molecular weight excluding hydrogens is 270 g/mol. The number of ether oxygens (including phenoxy) is 2. The Morgan fingerprint density at radius 1 is 0.938 bits per heavy atom. The summed E-state index contributed by atoms with van der Waals surface area (Å²) in [6.45, 7) is 10.3. The molecule has 0 bridgehead atoms. The van der Waals surface area contributed by atoms with Gasteiger partial charge < -0.3 is 15.2 Å². The van der Waals surface area contributed by atoms with E-state index in [9.17, 15) is 0 Å². The van der Waals surface area contributed by atoms with Crippen molar-refractivity contribution < 1.29 is 9.47 Å². The smallest absolute Gasteiger partial charge is 0.0649 e. The summed E-state index contributed by atoms with van der Waals surface area (Å²) in [4.78, 5) is 0. The van der Waals surface area contributed by atoms with Crippen molar-refractivity contribution in [2.24, 2.45) is 5.73 Å². The van der Waals surface area contributed by atoms with Crippen LogP contribution in [0.2, 0.25) is 0 Å². The van der Waals surface area contributed by atoms with Gasteiger partial charge in [-0.15, -0.1) is 0 Å². The van der Waals surface area contributed by atoms with Crippen LogP contribution in [0.4, 0.5) is 0 Å². The lowest BCUT2D eigenvalue weighted by Crippen LogP contribution is -2.32. The van der Waals surface area contributed by atoms with Gasteiger partial charge in [-0.2, -0.15) is 0 Å². The maximum atomic E-state index is 5.84. The first-order valence-corrected chi connectivity index (χ1v) is 6.99. The van der Waals surface area contributed by atoms with Crippen LogP contribution >= 0.6 is 15.9 Å². The van der Waals surface area contributed by atoms with Crippen molar-refractivity contribution in [3.63, 3.8) is 0 Å². The van der Waals surface area contributed by atoms with Gasteiger partial charge in [-0.05, 0) is 40.5 Å². The molecule has 16 heavy (non-hydrogen) atoms. The molecule has 0 saturated carbocycles. The predicted octanol–water partition coefficient (Wildman–Crippen LogP) is 2.71. The van der Waals surface area contributed by atoms with E-state index in [2.05, 4.69) is 43.6 Å². The zero-order valence-electron chi connectivity index (χ0n) is 11.0. The summed E-state index contributed by atoms with van der Waals surface area (Å²) in [5, 5.41) is 0.965. The molecule has 0 spiro atoms. The van der Waals surface area contributed by atoms with Crippen LogP contribution in [-0.2, 0) is 9.47 Å². The molecule has 0 amide bonds. The third-order valence-corrected chi connectivity index (χ3v) is 2.90. The van der Waals surface area contributed by atoms with Crippen LogP contribution in [0.25, 0.3) is 0 Å². The number of hydrogen-bond donors (Lipinski definition) is 1. The molecule has 4 heteroatoms. The van der Waals surface area contributed by atoms with E-state index in [0.29, 0.717) is 13.2 Å². The summed E-state index contributed by atoms with van der Waals surface area (Å²) in [6.07, 6.45) is 1.90. The molecule has 0 heterocycles. The van der Waals surface area contributed by atoms with E-state index in [4.69, 9.17) is 15.2 Å². The lowest BCUT2D eigenvalue weighted by molar-refractivity contribution is -0.0706. The van der Waals surface area contributed by atoms with Crippen molar-refractivity contribution in [3.05, 3.63) is 0 Å². The molecule has 0 aromatic carbocycles. The fourth-order valence-electron chi connectivity index (χ4n) is 1.28. The van der Waals surface area contributed by atoms with Gasteiger partial charge in [-0.1, -0.05) is 15.9 Å². The summed E-state index contributed by atoms with van der Waals surface area (Å²) < 4.78 is 11.5. The van der Waals surface area contributed by atoms with E-state index in [0.717, 1.165) is 24.8 Å². The Morgan fingerprint density at radius 3 is 1.94 bits per heavy atom. The monoisotopic (exact) mass is 295 g/mol. The minimum Gasteiger partial charge on any atom is -0.375 e. The first-order valence-electron chi connectivity index (χ1n) is 5.87. The fraction of sp³-hybridized carbons (Fsp3) is 1.00. The van der Waals surface area contributed by atoms with Gasteiger partial charge in [0.2, 0.25) is 0 Å². The molecule has 3 nitrogen and oxygen atoms in total. The highest BCUT2D eigenvalue weighted by Gasteiger charge is 2.21. The normalized spacial score (nSPS) is 13.1. The van der Waals surface area contributed by atoms with E-state index in [1.54, 1.807) is 0 Å². The Kier molecular flexibility index (Phi) is 7.81. The van der Waals surface area contributed by atoms with Gasteiger partial charge in [-0.3, -0.25) is 0 Å². The van der Waals surface area contributed by atoms with E-state index >= 15 is 0 Å². The van der Waals surface area contributed by atoms with Crippen molar-refractivity contribution >= 4 is 15.9 Å². The average molecular weight is 296 g/mol. The van der Waals surface area contributed by atoms with Crippen molar-refractivity contribution in [2.45, 2.75) is 51.7 Å². The summed E-state index contributed by atoms with van der Waals surface area (Å²) in [5.74, 6) is 0. The number of alkyl halides is 1. The van der Waals surface area contributed by atoms with Crippen molar-refractivity contribution in [1.82, 2.24) is 0 Å². The van der Waals surface area contributed by atoms with E-state index in [1.807, 2.05) is 0 Å². The largest absolute Gasteiger partial charge is 0.375 e. The molecule has 0 aliphatic heterocycles. The van der Waals surface area contributed by atoms with Gasteiger partial charge in [0.1, 0.15) is 0 Å². The van der Waals surface area contributed by atoms with Crippen LogP contribution < -0.4 is 5.73 Å². The molecule has 0 fully saturated rings. The SMILES string of the molecule is CC(C)(CCBr)OCCC(C)(C)OCCN. The number of nitrogens with two attached hydrogens (primary N) is 1. The first kappa shape index (κ1) is 16.4. The second-order valence-corrected chi connectivity index (χ2v) is 5.99. The third-order valence-electron chi connectivity index (χ3n) is 2.50. The molecule has 2 N–H and O–H groups in total. The first-order chi connectivity index (χ1) is 7.33. The van der Waals surface area contributed by atoms with Crippen LogP contribution in [0, 0.1) is 0 Å². The summed E-state index contributed by atoms with van der Waals surface area (Å²) in [6, 6.07) is 0. The highest BCUT2D eigenvalue weighted by Crippen LogP contribution is 2.19. The van der Waals surface area contributed by atoms with Crippen molar-refractivity contribution in [1.29, 1.82) is 0 Å². The van der Waals surface area contributed by atoms with Gasteiger partial charge in [0, 0.05) is 11.9 Å². The van der Waals surface area contributed by atoms with Crippen molar-refractivity contribution in [3.8, 4) is 0 Å². The molecule has 0 rings (SSSR count). The molecule has 0 aromatic rings. The Balaban J connectivity index is 3.78. The van der Waals surface area contributed by atoms with Crippen LogP contribution in [0.5, 0.6) is 0 Å². The van der Waals surface area contributed by atoms with Crippen LogP contribution in [-0.4, -0.2) is 36.3 Å². The maximum Gasteiger partial charge on any atom is 0.0649 e. The second-order valence-electron chi connectivity index (χ2n) is 5.19. The lowest BCUT2D eigenvalue weighted by atomic mass is 10.0. The number of rotatable bonds is 9. The van der Waals surface area contributed by atoms with Gasteiger partial charge in [0.15, 0.2) is 0 Å². The summed E-state index contributed by atoms with van der Waals surface area (Å²) in [5.41, 5.74) is 5.20. The Hall–Kier alpha value is 0.360. The van der Waals surface area contributed by atoms with Gasteiger partial charge in [0.25, 0.3) is 0 Å². The highest BCUT2D eigenvalue weighted by atomic mass is 79.9. The fourth-order valence-corrected chi connectivity index (χ4v) is 2.24. The van der Waals surface area contributed by atoms with E-state index in [1.165, 1.54) is 0 Å². The molecule has 0 saturated heterocycles. The average Bonchev–Trinajstić information content (AvgIpc) is 2.14. The van der Waals surface area contributed by atoms with Crippen molar-refractivity contribution in [2.75, 3.05) is 25.1 Å². The molecule has 0 radical (unpaired) electrons. The quantitative estimate of drug-likeness (QED) is 0.665. The molecular formula is C12H26BrNO2. The molecule has 98 valence electrons. The van der Waals surface area contributed by atoms with Gasteiger partial charge in [-0.25, -0.2) is 0 Å². The number of halogens is 1. The highest BCUT2D eigenvalue weighted by molar-refractivity contribution is 9.09. The predicted molar refractivity (Wildman–Crippen MR) is 72.1 cm³/mol.